The maximum atomic E-state index is 6.52. The standard InChI is InChI=1S/C58H41NO/c1-57(2)49-26-12-9-22-45(49)47-25-15-24-43(56(47)57)38-31-33-41(34-32-38)59(52-28-16-30-54-55(52)48-23-11-14-29-53(48)60-54)42-35-36-46-44-21-10-13-27-50(44)58(51(46)37-42,39-17-5-3-6-18-39)40-19-7-4-8-20-40/h3-37H,1-2H3. The lowest BCUT2D eigenvalue weighted by Crippen LogP contribution is -2.28. The van der Waals surface area contributed by atoms with E-state index < -0.39 is 5.41 Å². The van der Waals surface area contributed by atoms with Gasteiger partial charge in [0.05, 0.1) is 16.5 Å². The fourth-order valence-corrected chi connectivity index (χ4v) is 10.8. The molecule has 1 aromatic heterocycles. The summed E-state index contributed by atoms with van der Waals surface area (Å²) in [5.74, 6) is 0. The summed E-state index contributed by atoms with van der Waals surface area (Å²) in [7, 11) is 0. The van der Waals surface area contributed by atoms with Crippen LogP contribution >= 0.6 is 0 Å². The Hall–Kier alpha value is -7.42. The van der Waals surface area contributed by atoms with E-state index in [9.17, 15) is 0 Å². The van der Waals surface area contributed by atoms with Gasteiger partial charge in [0, 0.05) is 22.2 Å². The van der Waals surface area contributed by atoms with E-state index in [2.05, 4.69) is 225 Å². The molecule has 0 unspecified atom stereocenters. The fraction of sp³-hybridized carbons (Fsp3) is 0.0690. The van der Waals surface area contributed by atoms with Gasteiger partial charge in [0.1, 0.15) is 11.2 Å². The smallest absolute Gasteiger partial charge is 0.137 e. The van der Waals surface area contributed by atoms with Gasteiger partial charge in [0.25, 0.3) is 0 Å². The molecule has 60 heavy (non-hydrogen) atoms. The molecule has 9 aromatic carbocycles. The van der Waals surface area contributed by atoms with Crippen LogP contribution < -0.4 is 4.90 Å². The molecule has 2 nitrogen and oxygen atoms in total. The van der Waals surface area contributed by atoms with E-state index >= 15 is 0 Å². The summed E-state index contributed by atoms with van der Waals surface area (Å²) in [4.78, 5) is 2.44. The van der Waals surface area contributed by atoms with Gasteiger partial charge in [-0.25, -0.2) is 0 Å². The number of hydrogen-bond acceptors (Lipinski definition) is 2. The summed E-state index contributed by atoms with van der Waals surface area (Å²) in [5.41, 5.74) is 19.9. The van der Waals surface area contributed by atoms with E-state index in [-0.39, 0.29) is 5.41 Å². The van der Waals surface area contributed by atoms with Gasteiger partial charge in [-0.2, -0.15) is 0 Å². The maximum absolute atomic E-state index is 6.52. The molecule has 2 aliphatic carbocycles. The van der Waals surface area contributed by atoms with Gasteiger partial charge in [0.15, 0.2) is 0 Å². The van der Waals surface area contributed by atoms with Crippen LogP contribution in [0.5, 0.6) is 0 Å². The third-order valence-corrected chi connectivity index (χ3v) is 13.3. The van der Waals surface area contributed by atoms with Crippen molar-refractivity contribution in [1.82, 2.24) is 0 Å². The summed E-state index contributed by atoms with van der Waals surface area (Å²) in [6.45, 7) is 4.73. The first kappa shape index (κ1) is 34.6. The second-order valence-corrected chi connectivity index (χ2v) is 16.8. The molecular formula is C58H41NO. The lowest BCUT2D eigenvalue weighted by molar-refractivity contribution is 0.662. The predicted molar refractivity (Wildman–Crippen MR) is 249 cm³/mol. The summed E-state index contributed by atoms with van der Waals surface area (Å²) in [6, 6.07) is 77.9. The molecule has 0 saturated heterocycles. The normalized spacial score (nSPS) is 14.1. The van der Waals surface area contributed by atoms with Crippen LogP contribution in [-0.4, -0.2) is 0 Å². The molecule has 0 atom stereocenters. The molecule has 12 rings (SSSR count). The zero-order valence-corrected chi connectivity index (χ0v) is 33.6. The molecule has 0 radical (unpaired) electrons. The van der Waals surface area contributed by atoms with E-state index in [4.69, 9.17) is 4.42 Å². The molecule has 0 fully saturated rings. The maximum Gasteiger partial charge on any atom is 0.137 e. The topological polar surface area (TPSA) is 16.4 Å². The van der Waals surface area contributed by atoms with E-state index in [1.165, 1.54) is 66.8 Å². The lowest BCUT2D eigenvalue weighted by atomic mass is 9.67. The van der Waals surface area contributed by atoms with Crippen LogP contribution in [0.1, 0.15) is 47.2 Å². The first-order valence-corrected chi connectivity index (χ1v) is 20.9. The van der Waals surface area contributed by atoms with Crippen molar-refractivity contribution >= 4 is 39.0 Å². The highest BCUT2D eigenvalue weighted by Gasteiger charge is 2.46. The number of anilines is 3. The predicted octanol–water partition coefficient (Wildman–Crippen LogP) is 15.4. The van der Waals surface area contributed by atoms with Gasteiger partial charge in [-0.1, -0.05) is 184 Å². The van der Waals surface area contributed by atoms with Crippen LogP contribution in [0.4, 0.5) is 17.1 Å². The lowest BCUT2D eigenvalue weighted by Gasteiger charge is -2.35. The average Bonchev–Trinajstić information content (AvgIpc) is 3.92. The number of hydrogen-bond donors (Lipinski definition) is 0. The number of fused-ring (bicyclic) bond motifs is 9. The monoisotopic (exact) mass is 767 g/mol. The highest BCUT2D eigenvalue weighted by molar-refractivity contribution is 6.13. The van der Waals surface area contributed by atoms with Crippen LogP contribution in [0.3, 0.4) is 0 Å². The Balaban J connectivity index is 1.09. The zero-order valence-electron chi connectivity index (χ0n) is 33.6. The van der Waals surface area contributed by atoms with E-state index in [0.29, 0.717) is 0 Å². The Morgan fingerprint density at radius 1 is 0.400 bits per heavy atom. The third kappa shape index (κ3) is 4.82. The van der Waals surface area contributed by atoms with Gasteiger partial charge < -0.3 is 9.32 Å². The minimum atomic E-state index is -0.521. The van der Waals surface area contributed by atoms with Crippen LogP contribution in [0.15, 0.2) is 217 Å². The van der Waals surface area contributed by atoms with Gasteiger partial charge in [-0.3, -0.25) is 0 Å². The molecule has 0 spiro atoms. The van der Waals surface area contributed by atoms with E-state index in [0.717, 1.165) is 39.0 Å². The number of para-hydroxylation sites is 1. The highest BCUT2D eigenvalue weighted by atomic mass is 16.3. The Bertz CT molecular complexity index is 3240. The van der Waals surface area contributed by atoms with Crippen molar-refractivity contribution in [2.45, 2.75) is 24.7 Å². The Morgan fingerprint density at radius 2 is 0.950 bits per heavy atom. The van der Waals surface area contributed by atoms with Crippen molar-refractivity contribution in [3.8, 4) is 33.4 Å². The first-order chi connectivity index (χ1) is 29.5. The van der Waals surface area contributed by atoms with Crippen LogP contribution in [0.25, 0.3) is 55.3 Å². The number of furan rings is 1. The largest absolute Gasteiger partial charge is 0.456 e. The molecule has 0 amide bonds. The summed E-state index contributed by atoms with van der Waals surface area (Å²) in [6.07, 6.45) is 0. The van der Waals surface area contributed by atoms with Crippen LogP contribution in [0, 0.1) is 0 Å². The Kier molecular flexibility index (Phi) is 7.52. The molecule has 0 saturated carbocycles. The minimum absolute atomic E-state index is 0.114. The minimum Gasteiger partial charge on any atom is -0.456 e. The SMILES string of the molecule is CC1(C)c2ccccc2-c2cccc(-c3ccc(N(c4ccc5c(c4)C(c4ccccc4)(c4ccccc4)c4ccccc4-5)c4cccc5oc6ccccc6c45)cc3)c21. The van der Waals surface area contributed by atoms with Crippen LogP contribution in [0.2, 0.25) is 0 Å². The van der Waals surface area contributed by atoms with Gasteiger partial charge in [-0.05, 0) is 109 Å². The van der Waals surface area contributed by atoms with Crippen molar-refractivity contribution in [3.63, 3.8) is 0 Å². The van der Waals surface area contributed by atoms with Crippen molar-refractivity contribution < 1.29 is 4.42 Å². The quantitative estimate of drug-likeness (QED) is 0.168. The van der Waals surface area contributed by atoms with Crippen molar-refractivity contribution in [2.24, 2.45) is 0 Å². The Morgan fingerprint density at radius 3 is 1.70 bits per heavy atom. The zero-order chi connectivity index (χ0) is 40.0. The third-order valence-electron chi connectivity index (χ3n) is 13.3. The first-order valence-electron chi connectivity index (χ1n) is 20.9. The molecule has 0 aliphatic heterocycles. The van der Waals surface area contributed by atoms with E-state index in [1.807, 2.05) is 6.07 Å². The van der Waals surface area contributed by atoms with Gasteiger partial charge in [0.2, 0.25) is 0 Å². The average molecular weight is 768 g/mol. The second-order valence-electron chi connectivity index (χ2n) is 16.8. The summed E-state index contributed by atoms with van der Waals surface area (Å²) >= 11 is 0. The number of benzene rings is 9. The molecule has 0 N–H and O–H groups in total. The second kappa shape index (κ2) is 13.0. The molecule has 2 heteroatoms. The molecule has 1 heterocycles. The van der Waals surface area contributed by atoms with Gasteiger partial charge >= 0.3 is 0 Å². The van der Waals surface area contributed by atoms with E-state index in [1.54, 1.807) is 0 Å². The molecular weight excluding hydrogens is 727 g/mol. The Labute approximate surface area is 350 Å². The summed E-state index contributed by atoms with van der Waals surface area (Å²) in [5, 5.41) is 2.20. The van der Waals surface area contributed by atoms with Crippen molar-refractivity contribution in [3.05, 3.63) is 246 Å². The number of rotatable bonds is 6. The highest BCUT2D eigenvalue weighted by Crippen LogP contribution is 2.58. The van der Waals surface area contributed by atoms with Gasteiger partial charge in [-0.15, -0.1) is 0 Å². The van der Waals surface area contributed by atoms with Crippen LogP contribution in [-0.2, 0) is 10.8 Å². The molecule has 10 aromatic rings. The molecule has 284 valence electrons. The summed E-state index contributed by atoms with van der Waals surface area (Å²) < 4.78 is 6.52. The van der Waals surface area contributed by atoms with Crippen molar-refractivity contribution in [2.75, 3.05) is 4.90 Å². The molecule has 2 aliphatic rings. The fourth-order valence-electron chi connectivity index (χ4n) is 10.8. The number of nitrogens with zero attached hydrogens (tertiary/aromatic N) is 1. The molecule has 0 bridgehead atoms. The van der Waals surface area contributed by atoms with Crippen molar-refractivity contribution in [1.29, 1.82) is 0 Å².